The first-order valence-electron chi connectivity index (χ1n) is 25.4. The summed E-state index contributed by atoms with van der Waals surface area (Å²) in [5, 5.41) is 0. The summed E-state index contributed by atoms with van der Waals surface area (Å²) in [4.78, 5) is 31.6. The van der Waals surface area contributed by atoms with E-state index in [2.05, 4.69) is 0 Å². The van der Waals surface area contributed by atoms with Crippen LogP contribution in [-0.4, -0.2) is 65.2 Å². The standard InChI is InChI=1S/C64H60O14/c1-67-43-75-53-33-51-57(61(73-39-49-29-17-7-18-30-49)59(53)71-37-47-25-13-5-14-26-47)58-52(34-54(76-44-68-2)60(72-38-48-27-15-6-16-28-48)62(58)74-40-50-31-19-8-20-32-50)64(66)78-56(42-70-36-46-23-11-4-12-24-46)55(77-63(51)65)41-69-35-45-21-9-3-10-22-45/h3-34,55-56H,35-44H2,1-2H3/t55-,56-/m0/s1. The molecule has 0 amide bonds. The molecule has 9 rings (SSSR count). The molecule has 0 unspecified atom stereocenters. The summed E-state index contributed by atoms with van der Waals surface area (Å²) in [6, 6.07) is 60.1. The molecule has 78 heavy (non-hydrogen) atoms. The van der Waals surface area contributed by atoms with Crippen molar-refractivity contribution < 1.29 is 66.4 Å². The fourth-order valence-electron chi connectivity index (χ4n) is 8.55. The zero-order chi connectivity index (χ0) is 53.7. The van der Waals surface area contributed by atoms with Crippen molar-refractivity contribution in [1.29, 1.82) is 0 Å². The fraction of sp³-hybridized carbons (Fsp3) is 0.219. The molecule has 1 aliphatic rings. The van der Waals surface area contributed by atoms with E-state index in [0.29, 0.717) is 0 Å². The number of ether oxygens (including phenoxy) is 12. The molecular weight excluding hydrogens is 993 g/mol. The van der Waals surface area contributed by atoms with Gasteiger partial charge in [0, 0.05) is 25.3 Å². The summed E-state index contributed by atoms with van der Waals surface area (Å²) >= 11 is 0. The molecule has 1 heterocycles. The van der Waals surface area contributed by atoms with Gasteiger partial charge in [-0.05, 0) is 45.5 Å². The summed E-state index contributed by atoms with van der Waals surface area (Å²) < 4.78 is 76.9. The van der Waals surface area contributed by atoms with E-state index in [1.54, 1.807) is 0 Å². The van der Waals surface area contributed by atoms with Gasteiger partial charge in [-0.3, -0.25) is 0 Å². The lowest BCUT2D eigenvalue weighted by atomic mass is 9.91. The summed E-state index contributed by atoms with van der Waals surface area (Å²) in [7, 11) is 2.96. The van der Waals surface area contributed by atoms with Crippen molar-refractivity contribution in [3.05, 3.63) is 239 Å². The highest BCUT2D eigenvalue weighted by Crippen LogP contribution is 2.56. The number of rotatable bonds is 26. The van der Waals surface area contributed by atoms with E-state index in [9.17, 15) is 0 Å². The molecule has 2 atom stereocenters. The monoisotopic (exact) mass is 1050 g/mol. The van der Waals surface area contributed by atoms with E-state index in [1.807, 2.05) is 182 Å². The molecular formula is C64H60O14. The quantitative estimate of drug-likeness (QED) is 0.0374. The Bertz CT molecular complexity index is 2930. The molecule has 14 heteroatoms. The van der Waals surface area contributed by atoms with E-state index in [4.69, 9.17) is 56.8 Å². The Kier molecular flexibility index (Phi) is 19.4. The zero-order valence-electron chi connectivity index (χ0n) is 43.4. The Morgan fingerprint density at radius 1 is 0.346 bits per heavy atom. The molecule has 0 saturated carbocycles. The van der Waals surface area contributed by atoms with Gasteiger partial charge in [0.25, 0.3) is 0 Å². The lowest BCUT2D eigenvalue weighted by molar-refractivity contribution is -0.0931. The maximum atomic E-state index is 15.8. The minimum Gasteiger partial charge on any atom is -0.484 e. The van der Waals surface area contributed by atoms with Crippen LogP contribution in [-0.2, 0) is 68.1 Å². The highest BCUT2D eigenvalue weighted by molar-refractivity contribution is 6.09. The first-order valence-corrected chi connectivity index (χ1v) is 25.4. The van der Waals surface area contributed by atoms with Gasteiger partial charge in [0.1, 0.15) is 26.4 Å². The molecule has 400 valence electrons. The Morgan fingerprint density at radius 2 is 0.615 bits per heavy atom. The van der Waals surface area contributed by atoms with Crippen LogP contribution in [0.4, 0.5) is 0 Å². The molecule has 0 N–H and O–H groups in total. The van der Waals surface area contributed by atoms with Crippen molar-refractivity contribution in [3.63, 3.8) is 0 Å². The third-order valence-corrected chi connectivity index (χ3v) is 12.4. The summed E-state index contributed by atoms with van der Waals surface area (Å²) in [6.07, 6.45) is -2.49. The Morgan fingerprint density at radius 3 is 0.897 bits per heavy atom. The molecule has 0 aromatic heterocycles. The van der Waals surface area contributed by atoms with Crippen molar-refractivity contribution in [2.75, 3.05) is 41.0 Å². The molecule has 0 fully saturated rings. The van der Waals surface area contributed by atoms with Crippen molar-refractivity contribution in [1.82, 2.24) is 0 Å². The van der Waals surface area contributed by atoms with Gasteiger partial charge in [0.05, 0.1) is 37.6 Å². The highest BCUT2D eigenvalue weighted by Gasteiger charge is 2.40. The average Bonchev–Trinajstić information content (AvgIpc) is 3.61. The number of cyclic esters (lactones) is 2. The topological polar surface area (TPSA) is 145 Å². The van der Waals surface area contributed by atoms with Crippen LogP contribution in [0.5, 0.6) is 34.5 Å². The molecule has 8 aromatic rings. The van der Waals surface area contributed by atoms with Crippen LogP contribution < -0.4 is 28.4 Å². The number of benzene rings is 8. The number of hydrogen-bond acceptors (Lipinski definition) is 14. The largest absolute Gasteiger partial charge is 0.484 e. The lowest BCUT2D eigenvalue weighted by Crippen LogP contribution is -2.42. The van der Waals surface area contributed by atoms with E-state index in [0.717, 1.165) is 33.4 Å². The van der Waals surface area contributed by atoms with Gasteiger partial charge in [-0.25, -0.2) is 9.59 Å². The zero-order valence-corrected chi connectivity index (χ0v) is 43.4. The van der Waals surface area contributed by atoms with Crippen molar-refractivity contribution in [2.45, 2.75) is 51.8 Å². The predicted octanol–water partition coefficient (Wildman–Crippen LogP) is 12.1. The molecule has 0 bridgehead atoms. The number of carbonyl (C=O) groups is 2. The van der Waals surface area contributed by atoms with Gasteiger partial charge in [0.2, 0.25) is 11.5 Å². The van der Waals surface area contributed by atoms with Gasteiger partial charge in [0.15, 0.2) is 48.8 Å². The second-order valence-corrected chi connectivity index (χ2v) is 18.0. The fourth-order valence-corrected chi connectivity index (χ4v) is 8.55. The Labute approximate surface area is 453 Å². The van der Waals surface area contributed by atoms with E-state index in [-0.39, 0.29) is 123 Å². The first kappa shape index (κ1) is 54.1. The first-order chi connectivity index (χ1) is 38.4. The normalized spacial score (nSPS) is 14.0. The number of fused-ring (bicyclic) bond motifs is 3. The van der Waals surface area contributed by atoms with Crippen LogP contribution in [0.3, 0.4) is 0 Å². The second kappa shape index (κ2) is 27.9. The van der Waals surface area contributed by atoms with Crippen LogP contribution in [0, 0.1) is 0 Å². The lowest BCUT2D eigenvalue weighted by Gasteiger charge is -2.31. The van der Waals surface area contributed by atoms with Gasteiger partial charge in [-0.15, -0.1) is 0 Å². The molecule has 14 nitrogen and oxygen atoms in total. The number of hydrogen-bond donors (Lipinski definition) is 0. The van der Waals surface area contributed by atoms with Crippen molar-refractivity contribution in [2.24, 2.45) is 0 Å². The number of esters is 2. The highest BCUT2D eigenvalue weighted by atomic mass is 16.7. The van der Waals surface area contributed by atoms with Gasteiger partial charge >= 0.3 is 11.9 Å². The molecule has 8 aromatic carbocycles. The van der Waals surface area contributed by atoms with Crippen molar-refractivity contribution >= 4 is 11.9 Å². The Balaban J connectivity index is 1.31. The SMILES string of the molecule is COCOc1cc2c(c(OCc3ccccc3)c1OCc1ccccc1)-c1c(cc(OCOC)c(OCc3ccccc3)c1OCc1ccccc1)C(=O)O[C@@H](COCc1ccccc1)[C@H](COCc1ccccc1)OC2=O. The predicted molar refractivity (Wildman–Crippen MR) is 291 cm³/mol. The average molecular weight is 1050 g/mol. The maximum Gasteiger partial charge on any atom is 0.339 e. The third-order valence-electron chi connectivity index (χ3n) is 12.4. The van der Waals surface area contributed by atoms with Crippen molar-refractivity contribution in [3.8, 4) is 45.6 Å². The van der Waals surface area contributed by atoms with E-state index < -0.39 is 24.1 Å². The van der Waals surface area contributed by atoms with Crippen LogP contribution in [0.25, 0.3) is 11.1 Å². The van der Waals surface area contributed by atoms with Gasteiger partial charge in [-0.1, -0.05) is 182 Å². The number of methoxy groups -OCH3 is 2. The Hall–Kier alpha value is -8.66. The molecule has 0 saturated heterocycles. The van der Waals surface area contributed by atoms with Crippen LogP contribution in [0.1, 0.15) is 54.1 Å². The number of carbonyl (C=O) groups excluding carboxylic acids is 2. The summed E-state index contributed by atoms with van der Waals surface area (Å²) in [5.74, 6) is -1.45. The van der Waals surface area contributed by atoms with Gasteiger partial charge in [-0.2, -0.15) is 0 Å². The minimum absolute atomic E-state index is 0.00582. The van der Waals surface area contributed by atoms with E-state index in [1.165, 1.54) is 26.4 Å². The smallest absolute Gasteiger partial charge is 0.339 e. The molecule has 0 radical (unpaired) electrons. The van der Waals surface area contributed by atoms with E-state index >= 15 is 9.59 Å². The second-order valence-electron chi connectivity index (χ2n) is 18.0. The maximum absolute atomic E-state index is 15.8. The molecule has 0 spiro atoms. The summed E-state index contributed by atoms with van der Waals surface area (Å²) in [6.45, 7) is -0.639. The molecule has 0 aliphatic carbocycles. The van der Waals surface area contributed by atoms with Crippen LogP contribution in [0.2, 0.25) is 0 Å². The third kappa shape index (κ3) is 14.4. The molecule has 1 aliphatic heterocycles. The minimum atomic E-state index is -1.24. The van der Waals surface area contributed by atoms with Crippen LogP contribution >= 0.6 is 0 Å². The van der Waals surface area contributed by atoms with Crippen LogP contribution in [0.15, 0.2) is 194 Å². The summed E-state index contributed by atoms with van der Waals surface area (Å²) in [5.41, 5.74) is 4.78. The van der Waals surface area contributed by atoms with Gasteiger partial charge < -0.3 is 56.8 Å².